The third-order valence-corrected chi connectivity index (χ3v) is 14.9. The molecule has 0 aromatic heterocycles. The van der Waals surface area contributed by atoms with Gasteiger partial charge in [-0.15, -0.1) is 0 Å². The molecule has 0 aliphatic carbocycles. The van der Waals surface area contributed by atoms with Gasteiger partial charge in [-0.25, -0.2) is 9.59 Å². The Morgan fingerprint density at radius 2 is 0.750 bits per heavy atom. The lowest BCUT2D eigenvalue weighted by molar-refractivity contribution is 0.0438. The largest absolute Gasteiger partial charge is 0.494 e. The second-order valence-corrected chi connectivity index (χ2v) is 21.8. The minimum Gasteiger partial charge on any atom is -0.494 e. The molecule has 10 nitrogen and oxygen atoms in total. The molecule has 7 aromatic carbocycles. The molecule has 0 aliphatic rings. The smallest absolute Gasteiger partial charge is 0.338 e. The number of ether oxygens (including phenoxy) is 6. The Hall–Kier alpha value is -7.02. The van der Waals surface area contributed by atoms with Gasteiger partial charge in [0.25, 0.3) is 0 Å². The first-order valence-electron chi connectivity index (χ1n) is 28.1. The highest BCUT2D eigenvalue weighted by Gasteiger charge is 2.12. The van der Waals surface area contributed by atoms with Gasteiger partial charge >= 0.3 is 11.9 Å². The molecule has 80 heavy (non-hydrogen) atoms. The Balaban J connectivity index is 0.715. The number of carbonyl (C=O) groups excluding carboxylic acids is 2. The molecule has 0 heterocycles. The third kappa shape index (κ3) is 20.3. The van der Waals surface area contributed by atoms with E-state index in [2.05, 4.69) is 69.5 Å². The van der Waals surface area contributed by atoms with Crippen LogP contribution in [0.4, 0.5) is 11.4 Å². The lowest BCUT2D eigenvalue weighted by Gasteiger charge is -2.10. The Morgan fingerprint density at radius 1 is 0.425 bits per heavy atom. The lowest BCUT2D eigenvalue weighted by atomic mass is 10.0. The molecule has 2 atom stereocenters. The van der Waals surface area contributed by atoms with Crippen LogP contribution in [0.1, 0.15) is 124 Å². The second kappa shape index (κ2) is 32.9. The van der Waals surface area contributed by atoms with Crippen LogP contribution in [0.15, 0.2) is 177 Å². The maximum atomic E-state index is 12.4. The molecule has 7 rings (SSSR count). The minimum absolute atomic E-state index is 0.281. The molecule has 7 aromatic rings. The van der Waals surface area contributed by atoms with Crippen LogP contribution in [0.5, 0.6) is 23.0 Å². The molecular weight excluding hydrogens is 1130 g/mol. The predicted molar refractivity (Wildman–Crippen MR) is 331 cm³/mol. The number of esters is 2. The van der Waals surface area contributed by atoms with Gasteiger partial charge in [0.15, 0.2) is 0 Å². The Kier molecular flexibility index (Phi) is 24.9. The van der Waals surface area contributed by atoms with E-state index in [4.69, 9.17) is 28.4 Å². The number of benzene rings is 7. The fraction of sp³-hybridized carbons (Fsp3) is 0.324. The summed E-state index contributed by atoms with van der Waals surface area (Å²) in [5.74, 6) is 3.46. The Morgan fingerprint density at radius 3 is 1.07 bits per heavy atom. The maximum absolute atomic E-state index is 12.4. The molecule has 0 amide bonds. The zero-order valence-corrected chi connectivity index (χ0v) is 49.7. The standard InChI is InChI=1S/C68H74Br2N2O8/c1-5-49(3)47-79-67(73)57-21-17-53(18-22-57)55-25-33-61(34-26-55)75-39-11-7-9-13-41-77-65-37-15-51(43-63(65)69)45-71-59-29-31-60(32-30-59)72-46-52-16-38-66(64(70)44-52)78-42-14-10-8-12-40-76-62-35-27-56(28-36-62)54-19-23-58(24-20-54)68(74)80-48-50(4)6-2/h15-38,43-46,49-50H,5-14,39-42,47-48H2,1-4H3/t49-,50-/m0/s1. The van der Waals surface area contributed by atoms with E-state index in [9.17, 15) is 9.59 Å². The molecule has 12 heteroatoms. The van der Waals surface area contributed by atoms with E-state index >= 15 is 0 Å². The van der Waals surface area contributed by atoms with Gasteiger partial charge in [-0.2, -0.15) is 0 Å². The molecule has 0 saturated heterocycles. The molecule has 0 unspecified atom stereocenters. The number of rotatable bonds is 32. The number of halogens is 2. The first-order valence-corrected chi connectivity index (χ1v) is 29.7. The fourth-order valence-corrected chi connectivity index (χ4v) is 9.16. The number of aliphatic imine (C=N–C) groups is 2. The molecule has 0 aliphatic heterocycles. The zero-order valence-electron chi connectivity index (χ0n) is 46.6. The Labute approximate surface area is 490 Å². The van der Waals surface area contributed by atoms with Crippen LogP contribution >= 0.6 is 31.9 Å². The van der Waals surface area contributed by atoms with Gasteiger partial charge in [-0.05, 0) is 238 Å². The van der Waals surface area contributed by atoms with E-state index in [1.54, 1.807) is 0 Å². The van der Waals surface area contributed by atoms with Gasteiger partial charge in [0.05, 0.1) is 71.1 Å². The van der Waals surface area contributed by atoms with Crippen LogP contribution in [-0.4, -0.2) is 64.0 Å². The topological polar surface area (TPSA) is 114 Å². The summed E-state index contributed by atoms with van der Waals surface area (Å²) in [4.78, 5) is 34.1. The van der Waals surface area contributed by atoms with Crippen LogP contribution in [0, 0.1) is 11.8 Å². The van der Waals surface area contributed by atoms with Crippen molar-refractivity contribution in [3.8, 4) is 45.3 Å². The molecule has 0 saturated carbocycles. The number of hydrogen-bond donors (Lipinski definition) is 0. The van der Waals surface area contributed by atoms with Crippen molar-refractivity contribution in [2.75, 3.05) is 39.6 Å². The van der Waals surface area contributed by atoms with E-state index in [-0.39, 0.29) is 11.9 Å². The van der Waals surface area contributed by atoms with Crippen molar-refractivity contribution in [3.05, 3.63) is 189 Å². The summed E-state index contributed by atoms with van der Waals surface area (Å²) < 4.78 is 36.8. The molecule has 418 valence electrons. The first kappa shape index (κ1) is 60.6. The fourth-order valence-electron chi connectivity index (χ4n) is 8.13. The number of carbonyl (C=O) groups is 2. The number of nitrogens with zero attached hydrogens (tertiary/aromatic N) is 2. The summed E-state index contributed by atoms with van der Waals surface area (Å²) in [6.45, 7) is 11.8. The molecule has 0 spiro atoms. The van der Waals surface area contributed by atoms with Crippen LogP contribution in [0.2, 0.25) is 0 Å². The van der Waals surface area contributed by atoms with Gasteiger partial charge in [0.1, 0.15) is 23.0 Å². The van der Waals surface area contributed by atoms with Crippen molar-refractivity contribution in [1.29, 1.82) is 0 Å². The minimum atomic E-state index is -0.281. The van der Waals surface area contributed by atoms with Crippen molar-refractivity contribution in [1.82, 2.24) is 0 Å². The van der Waals surface area contributed by atoms with E-state index in [1.807, 2.05) is 170 Å². The Bertz CT molecular complexity index is 2850. The average molecular weight is 1210 g/mol. The summed E-state index contributed by atoms with van der Waals surface area (Å²) in [6, 6.07) is 51.0. The summed E-state index contributed by atoms with van der Waals surface area (Å²) in [6.07, 6.45) is 13.7. The monoisotopic (exact) mass is 1200 g/mol. The highest BCUT2D eigenvalue weighted by atomic mass is 79.9. The van der Waals surface area contributed by atoms with Gasteiger partial charge in [-0.3, -0.25) is 9.98 Å². The summed E-state index contributed by atoms with van der Waals surface area (Å²) in [5.41, 5.74) is 8.92. The van der Waals surface area contributed by atoms with Crippen LogP contribution in [-0.2, 0) is 9.47 Å². The van der Waals surface area contributed by atoms with E-state index in [0.29, 0.717) is 62.6 Å². The van der Waals surface area contributed by atoms with E-state index < -0.39 is 0 Å². The molecule has 0 radical (unpaired) electrons. The summed E-state index contributed by atoms with van der Waals surface area (Å²) >= 11 is 7.35. The quantitative estimate of drug-likeness (QED) is 0.0233. The van der Waals surface area contributed by atoms with Crippen molar-refractivity contribution < 1.29 is 38.0 Å². The molecular formula is C68H74Br2N2O8. The number of hydrogen-bond acceptors (Lipinski definition) is 10. The highest BCUT2D eigenvalue weighted by Crippen LogP contribution is 2.30. The van der Waals surface area contributed by atoms with Gasteiger partial charge in [-0.1, -0.05) is 89.1 Å². The highest BCUT2D eigenvalue weighted by molar-refractivity contribution is 9.11. The second-order valence-electron chi connectivity index (χ2n) is 20.1. The van der Waals surface area contributed by atoms with Crippen molar-refractivity contribution in [2.24, 2.45) is 21.8 Å². The molecule has 0 N–H and O–H groups in total. The van der Waals surface area contributed by atoms with Crippen molar-refractivity contribution in [3.63, 3.8) is 0 Å². The van der Waals surface area contributed by atoms with Crippen LogP contribution in [0.3, 0.4) is 0 Å². The summed E-state index contributed by atoms with van der Waals surface area (Å²) in [5, 5.41) is 0. The lowest BCUT2D eigenvalue weighted by Crippen LogP contribution is -2.11. The van der Waals surface area contributed by atoms with Gasteiger partial charge in [0.2, 0.25) is 0 Å². The van der Waals surface area contributed by atoms with E-state index in [1.165, 1.54) is 0 Å². The predicted octanol–water partition coefficient (Wildman–Crippen LogP) is 18.5. The van der Waals surface area contributed by atoms with Crippen LogP contribution < -0.4 is 18.9 Å². The normalized spacial score (nSPS) is 12.1. The molecule has 0 fully saturated rings. The first-order chi connectivity index (χ1) is 39.0. The van der Waals surface area contributed by atoms with Gasteiger partial charge < -0.3 is 28.4 Å². The third-order valence-electron chi connectivity index (χ3n) is 13.6. The van der Waals surface area contributed by atoms with Crippen molar-refractivity contribution >= 4 is 67.6 Å². The van der Waals surface area contributed by atoms with E-state index in [0.717, 1.165) is 141 Å². The maximum Gasteiger partial charge on any atom is 0.338 e. The van der Waals surface area contributed by atoms with Gasteiger partial charge in [0, 0.05) is 12.4 Å². The van der Waals surface area contributed by atoms with Crippen molar-refractivity contribution in [2.45, 2.75) is 91.9 Å². The summed E-state index contributed by atoms with van der Waals surface area (Å²) in [7, 11) is 0. The van der Waals surface area contributed by atoms with Crippen LogP contribution in [0.25, 0.3) is 22.3 Å². The number of unbranched alkanes of at least 4 members (excludes halogenated alkanes) is 6. The SMILES string of the molecule is CC[C@H](C)COC(=O)c1ccc(-c2ccc(OCCCCCCOc3ccc(C=Nc4ccc(N=Cc5ccc(OCCCCCCOc6ccc(-c7ccc(C(=O)OC[C@@H](C)CC)cc7)cc6)c(Br)c5)cc4)cc3Br)cc2)cc1. The average Bonchev–Trinajstić information content (AvgIpc) is 3.49. The molecule has 0 bridgehead atoms. The zero-order chi connectivity index (χ0) is 56.3.